The van der Waals surface area contributed by atoms with Crippen molar-refractivity contribution >= 4 is 0 Å². The van der Waals surface area contributed by atoms with E-state index in [0.29, 0.717) is 5.92 Å². The molecular weight excluding hydrogens is 180 g/mol. The van der Waals surface area contributed by atoms with Gasteiger partial charge < -0.3 is 0 Å². The highest BCUT2D eigenvalue weighted by Gasteiger charge is 2.17. The van der Waals surface area contributed by atoms with E-state index in [1.807, 2.05) is 0 Å². The van der Waals surface area contributed by atoms with Crippen LogP contribution in [0.3, 0.4) is 0 Å². The molecule has 0 aliphatic heterocycles. The highest BCUT2D eigenvalue weighted by molar-refractivity contribution is 4.70. The molecule has 0 amide bonds. The lowest BCUT2D eigenvalue weighted by Gasteiger charge is -2.25. The van der Waals surface area contributed by atoms with Crippen molar-refractivity contribution in [3.05, 3.63) is 6.92 Å². The first kappa shape index (κ1) is 15.0. The summed E-state index contributed by atoms with van der Waals surface area (Å²) in [6.07, 6.45) is 9.64. The Bertz CT molecular complexity index is 126. The number of hydrogen-bond donors (Lipinski definition) is 0. The van der Waals surface area contributed by atoms with Crippen LogP contribution in [-0.4, -0.2) is 0 Å². The number of rotatable bonds is 9. The second kappa shape index (κ2) is 9.24. The molecule has 3 unspecified atom stereocenters. The minimum absolute atomic E-state index is 0.621. The van der Waals surface area contributed by atoms with Crippen molar-refractivity contribution in [2.45, 2.75) is 72.6 Å². The van der Waals surface area contributed by atoms with Gasteiger partial charge in [0.25, 0.3) is 0 Å². The van der Waals surface area contributed by atoms with Crippen molar-refractivity contribution in [3.63, 3.8) is 0 Å². The smallest absolute Gasteiger partial charge is 0.0386 e. The monoisotopic (exact) mass is 211 g/mol. The van der Waals surface area contributed by atoms with E-state index in [9.17, 15) is 0 Å². The molecule has 0 fully saturated rings. The van der Waals surface area contributed by atoms with Crippen LogP contribution in [0.1, 0.15) is 72.6 Å². The maximum absolute atomic E-state index is 4.15. The molecule has 0 nitrogen and oxygen atoms in total. The normalized spacial score (nSPS) is 15.6. The zero-order chi connectivity index (χ0) is 11.7. The van der Waals surface area contributed by atoms with Crippen molar-refractivity contribution in [2.75, 3.05) is 0 Å². The Labute approximate surface area is 97.8 Å². The van der Waals surface area contributed by atoms with Crippen molar-refractivity contribution in [1.82, 2.24) is 0 Å². The zero-order valence-electron chi connectivity index (χ0n) is 11.4. The van der Waals surface area contributed by atoms with E-state index in [4.69, 9.17) is 0 Å². The highest BCUT2D eigenvalue weighted by Crippen LogP contribution is 2.28. The van der Waals surface area contributed by atoms with Crippen molar-refractivity contribution in [1.29, 1.82) is 0 Å². The van der Waals surface area contributed by atoms with Crippen LogP contribution in [0.4, 0.5) is 0 Å². The number of hydrogen-bond acceptors (Lipinski definition) is 0. The van der Waals surface area contributed by atoms with Crippen LogP contribution in [0.2, 0.25) is 0 Å². The lowest BCUT2D eigenvalue weighted by molar-refractivity contribution is 0.268. The average molecular weight is 211 g/mol. The second-order valence-corrected chi connectivity index (χ2v) is 5.36. The van der Waals surface area contributed by atoms with Crippen LogP contribution >= 0.6 is 0 Å². The summed E-state index contributed by atoms with van der Waals surface area (Å²) in [4.78, 5) is 0. The van der Waals surface area contributed by atoms with Gasteiger partial charge in [0.15, 0.2) is 0 Å². The third-order valence-electron chi connectivity index (χ3n) is 3.43. The summed E-state index contributed by atoms with van der Waals surface area (Å²) in [5.41, 5.74) is 0. The Hall–Kier alpha value is 0. The van der Waals surface area contributed by atoms with E-state index in [2.05, 4.69) is 34.6 Å². The largest absolute Gasteiger partial charge is 0.0654 e. The molecule has 0 saturated carbocycles. The Balaban J connectivity index is 3.93. The van der Waals surface area contributed by atoms with Gasteiger partial charge in [-0.15, -0.1) is 0 Å². The fraction of sp³-hybridized carbons (Fsp3) is 0.933. The predicted molar refractivity (Wildman–Crippen MR) is 70.8 cm³/mol. The van der Waals surface area contributed by atoms with Gasteiger partial charge in [0.1, 0.15) is 0 Å². The molecule has 3 atom stereocenters. The van der Waals surface area contributed by atoms with E-state index >= 15 is 0 Å². The van der Waals surface area contributed by atoms with Crippen molar-refractivity contribution in [2.24, 2.45) is 17.8 Å². The predicted octanol–water partition coefficient (Wildman–Crippen LogP) is 5.48. The molecule has 0 spiro atoms. The summed E-state index contributed by atoms with van der Waals surface area (Å²) >= 11 is 0. The maximum atomic E-state index is 4.15. The molecule has 91 valence electrons. The Morgan fingerprint density at radius 2 is 1.60 bits per heavy atom. The molecule has 0 N–H and O–H groups in total. The second-order valence-electron chi connectivity index (χ2n) is 5.36. The third kappa shape index (κ3) is 7.88. The van der Waals surface area contributed by atoms with E-state index < -0.39 is 0 Å². The van der Waals surface area contributed by atoms with E-state index in [0.717, 1.165) is 11.8 Å². The first-order valence-electron chi connectivity index (χ1n) is 6.94. The SMILES string of the molecule is [CH2]C(C)CC(CCCCC)C(C)CCC. The Kier molecular flexibility index (Phi) is 9.24. The highest BCUT2D eigenvalue weighted by atomic mass is 14.2. The van der Waals surface area contributed by atoms with Crippen LogP contribution < -0.4 is 0 Å². The summed E-state index contributed by atoms with van der Waals surface area (Å²) < 4.78 is 0. The van der Waals surface area contributed by atoms with Crippen LogP contribution in [-0.2, 0) is 0 Å². The van der Waals surface area contributed by atoms with Gasteiger partial charge in [0, 0.05) is 0 Å². The fourth-order valence-corrected chi connectivity index (χ4v) is 2.50. The van der Waals surface area contributed by atoms with Gasteiger partial charge in [-0.05, 0) is 24.2 Å². The quantitative estimate of drug-likeness (QED) is 0.443. The molecule has 0 aliphatic rings. The molecule has 0 saturated heterocycles. The summed E-state index contributed by atoms with van der Waals surface area (Å²) in [7, 11) is 0. The minimum atomic E-state index is 0.621. The molecule has 0 heteroatoms. The summed E-state index contributed by atoms with van der Waals surface area (Å²) in [6, 6.07) is 0. The molecule has 15 heavy (non-hydrogen) atoms. The molecule has 1 radical (unpaired) electrons. The van der Waals surface area contributed by atoms with Crippen LogP contribution in [0.5, 0.6) is 0 Å². The lowest BCUT2D eigenvalue weighted by Crippen LogP contribution is -2.14. The minimum Gasteiger partial charge on any atom is -0.0654 e. The molecule has 0 aromatic carbocycles. The fourth-order valence-electron chi connectivity index (χ4n) is 2.50. The zero-order valence-corrected chi connectivity index (χ0v) is 11.4. The van der Waals surface area contributed by atoms with Crippen LogP contribution in [0.25, 0.3) is 0 Å². The third-order valence-corrected chi connectivity index (χ3v) is 3.43. The van der Waals surface area contributed by atoms with Crippen molar-refractivity contribution < 1.29 is 0 Å². The van der Waals surface area contributed by atoms with Gasteiger partial charge in [0.2, 0.25) is 0 Å². The maximum Gasteiger partial charge on any atom is -0.0386 e. The first-order valence-corrected chi connectivity index (χ1v) is 6.94. The average Bonchev–Trinajstić information content (AvgIpc) is 2.16. The molecule has 0 aromatic rings. The van der Waals surface area contributed by atoms with Crippen LogP contribution in [0, 0.1) is 24.7 Å². The van der Waals surface area contributed by atoms with E-state index in [1.54, 1.807) is 0 Å². The first-order chi connectivity index (χ1) is 7.11. The van der Waals surface area contributed by atoms with Gasteiger partial charge in [-0.3, -0.25) is 0 Å². The van der Waals surface area contributed by atoms with Crippen LogP contribution in [0.15, 0.2) is 0 Å². The molecule has 0 bridgehead atoms. The van der Waals surface area contributed by atoms with Gasteiger partial charge in [-0.25, -0.2) is 0 Å². The van der Waals surface area contributed by atoms with Crippen molar-refractivity contribution in [3.8, 4) is 0 Å². The summed E-state index contributed by atoms with van der Waals surface area (Å²) in [6.45, 7) is 13.4. The molecule has 0 aliphatic carbocycles. The van der Waals surface area contributed by atoms with Gasteiger partial charge in [-0.1, -0.05) is 73.1 Å². The van der Waals surface area contributed by atoms with E-state index in [-0.39, 0.29) is 0 Å². The summed E-state index contributed by atoms with van der Waals surface area (Å²) in [5, 5.41) is 0. The topological polar surface area (TPSA) is 0 Å². The lowest BCUT2D eigenvalue weighted by atomic mass is 9.81. The van der Waals surface area contributed by atoms with Gasteiger partial charge in [-0.2, -0.15) is 0 Å². The molecule has 0 heterocycles. The van der Waals surface area contributed by atoms with Gasteiger partial charge >= 0.3 is 0 Å². The molecule has 0 rings (SSSR count). The van der Waals surface area contributed by atoms with Gasteiger partial charge in [0.05, 0.1) is 0 Å². The standard InChI is InChI=1S/C15H31/c1-6-8-9-11-15(12-13(3)4)14(5)10-7-2/h13-15H,3,6-12H2,1-2,4-5H3. The molecule has 0 aromatic heterocycles. The Morgan fingerprint density at radius 3 is 2.07 bits per heavy atom. The number of unbranched alkanes of at least 4 members (excludes halogenated alkanes) is 2. The Morgan fingerprint density at radius 1 is 0.933 bits per heavy atom. The summed E-state index contributed by atoms with van der Waals surface area (Å²) in [5.74, 6) is 2.44. The molecular formula is C15H31. The van der Waals surface area contributed by atoms with E-state index in [1.165, 1.54) is 44.9 Å².